The maximum absolute atomic E-state index is 13.9. The molecule has 0 heterocycles. The van der Waals surface area contributed by atoms with Gasteiger partial charge in [0.25, 0.3) is 0 Å². The third-order valence-corrected chi connectivity index (χ3v) is 5.36. The van der Waals surface area contributed by atoms with Gasteiger partial charge in [-0.15, -0.1) is 11.8 Å². The molecule has 1 nitrogen and oxygen atoms in total. The first kappa shape index (κ1) is 15.9. The van der Waals surface area contributed by atoms with Crippen LogP contribution in [0.25, 0.3) is 0 Å². The van der Waals surface area contributed by atoms with Gasteiger partial charge in [-0.1, -0.05) is 12.1 Å². The van der Waals surface area contributed by atoms with E-state index >= 15 is 0 Å². The molecule has 0 aromatic heterocycles. The number of halogens is 4. The quantitative estimate of drug-likeness (QED) is 0.530. The second-order valence-corrected chi connectivity index (χ2v) is 6.78. The van der Waals surface area contributed by atoms with E-state index in [2.05, 4.69) is 31.9 Å². The highest BCUT2D eigenvalue weighted by molar-refractivity contribution is 9.10. The molecule has 0 aliphatic rings. The number of rotatable bonds is 4. The van der Waals surface area contributed by atoms with Crippen LogP contribution in [0.4, 0.5) is 8.78 Å². The summed E-state index contributed by atoms with van der Waals surface area (Å²) in [4.78, 5) is 0.905. The maximum atomic E-state index is 13.9. The van der Waals surface area contributed by atoms with Crippen molar-refractivity contribution >= 4 is 43.6 Å². The van der Waals surface area contributed by atoms with E-state index in [4.69, 9.17) is 0 Å². The molecule has 2 aromatic carbocycles. The van der Waals surface area contributed by atoms with Crippen molar-refractivity contribution in [1.82, 2.24) is 0 Å². The summed E-state index contributed by atoms with van der Waals surface area (Å²) in [6.07, 6.45) is -1.22. The summed E-state index contributed by atoms with van der Waals surface area (Å²) in [6.45, 7) is 0. The van der Waals surface area contributed by atoms with Crippen LogP contribution >= 0.6 is 43.6 Å². The number of aliphatic hydroxyl groups excluding tert-OH is 1. The molecule has 0 bridgehead atoms. The van der Waals surface area contributed by atoms with Crippen molar-refractivity contribution in [2.75, 3.05) is 5.75 Å². The van der Waals surface area contributed by atoms with Crippen molar-refractivity contribution in [3.8, 4) is 0 Å². The Labute approximate surface area is 136 Å². The van der Waals surface area contributed by atoms with E-state index in [-0.39, 0.29) is 15.8 Å². The third-order valence-electron chi connectivity index (χ3n) is 2.65. The number of hydrogen-bond donors (Lipinski definition) is 1. The van der Waals surface area contributed by atoms with Crippen LogP contribution in [0, 0.1) is 11.6 Å². The molecule has 0 aliphatic carbocycles. The Hall–Kier alpha value is -0.430. The minimum atomic E-state index is -1.22. The highest BCUT2D eigenvalue weighted by Crippen LogP contribution is 2.33. The van der Waals surface area contributed by atoms with Gasteiger partial charge in [-0.2, -0.15) is 0 Å². The standard InChI is InChI=1S/C14H10Br2F2OS/c15-8-3-1-2-4-12(8)20-7-11(19)13-10(17)6-5-9(16)14(13)18/h1-6,11,19H,7H2. The Morgan fingerprint density at radius 1 is 1.05 bits per heavy atom. The molecule has 0 amide bonds. The van der Waals surface area contributed by atoms with Crippen molar-refractivity contribution in [3.63, 3.8) is 0 Å². The summed E-state index contributed by atoms with van der Waals surface area (Å²) in [6, 6.07) is 9.89. The first-order chi connectivity index (χ1) is 9.50. The molecule has 0 spiro atoms. The molecule has 1 N–H and O–H groups in total. The van der Waals surface area contributed by atoms with Crippen molar-refractivity contribution in [3.05, 3.63) is 62.5 Å². The lowest BCUT2D eigenvalue weighted by atomic mass is 10.1. The van der Waals surface area contributed by atoms with Gasteiger partial charge in [0.2, 0.25) is 0 Å². The molecule has 0 aliphatic heterocycles. The van der Waals surface area contributed by atoms with E-state index in [1.807, 2.05) is 24.3 Å². The van der Waals surface area contributed by atoms with Crippen molar-refractivity contribution in [1.29, 1.82) is 0 Å². The van der Waals surface area contributed by atoms with Gasteiger partial charge in [0.1, 0.15) is 11.6 Å². The van der Waals surface area contributed by atoms with Crippen LogP contribution in [0.5, 0.6) is 0 Å². The molecule has 0 radical (unpaired) electrons. The summed E-state index contributed by atoms with van der Waals surface area (Å²) >= 11 is 7.70. The summed E-state index contributed by atoms with van der Waals surface area (Å²) in [7, 11) is 0. The minimum Gasteiger partial charge on any atom is -0.387 e. The van der Waals surface area contributed by atoms with E-state index in [0.717, 1.165) is 15.4 Å². The monoisotopic (exact) mass is 422 g/mol. The Morgan fingerprint density at radius 3 is 2.45 bits per heavy atom. The van der Waals surface area contributed by atoms with E-state index in [1.165, 1.54) is 17.8 Å². The maximum Gasteiger partial charge on any atom is 0.146 e. The lowest BCUT2D eigenvalue weighted by Crippen LogP contribution is -2.07. The summed E-state index contributed by atoms with van der Waals surface area (Å²) in [5.41, 5.74) is -0.307. The number of benzene rings is 2. The van der Waals surface area contributed by atoms with Crippen LogP contribution in [0.15, 0.2) is 50.2 Å². The summed E-state index contributed by atoms with van der Waals surface area (Å²) in [5, 5.41) is 10.0. The Kier molecular flexibility index (Phi) is 5.60. The van der Waals surface area contributed by atoms with Crippen LogP contribution in [0.3, 0.4) is 0 Å². The van der Waals surface area contributed by atoms with Crippen LogP contribution in [-0.4, -0.2) is 10.9 Å². The SMILES string of the molecule is OC(CSc1ccccc1Br)c1c(F)ccc(Br)c1F. The highest BCUT2D eigenvalue weighted by atomic mass is 79.9. The van der Waals surface area contributed by atoms with E-state index in [1.54, 1.807) is 0 Å². The predicted octanol–water partition coefficient (Wildman–Crippen LogP) is 5.32. The number of aliphatic hydroxyl groups is 1. The van der Waals surface area contributed by atoms with Crippen molar-refractivity contribution in [2.24, 2.45) is 0 Å². The van der Waals surface area contributed by atoms with Crippen LogP contribution in [-0.2, 0) is 0 Å². The molecule has 0 saturated heterocycles. The first-order valence-electron chi connectivity index (χ1n) is 5.69. The fourth-order valence-electron chi connectivity index (χ4n) is 1.66. The lowest BCUT2D eigenvalue weighted by molar-refractivity contribution is 0.193. The number of hydrogen-bond acceptors (Lipinski definition) is 2. The van der Waals surface area contributed by atoms with Gasteiger partial charge in [-0.25, -0.2) is 8.78 Å². The molecule has 0 saturated carbocycles. The average molecular weight is 424 g/mol. The molecule has 106 valence electrons. The van der Waals surface area contributed by atoms with Gasteiger partial charge >= 0.3 is 0 Å². The Bertz CT molecular complexity index is 622. The molecule has 2 aromatic rings. The zero-order chi connectivity index (χ0) is 14.7. The van der Waals surface area contributed by atoms with Crippen LogP contribution in [0.2, 0.25) is 0 Å². The molecule has 6 heteroatoms. The van der Waals surface area contributed by atoms with Crippen molar-refractivity contribution in [2.45, 2.75) is 11.0 Å². The molecular weight excluding hydrogens is 414 g/mol. The van der Waals surface area contributed by atoms with Gasteiger partial charge in [-0.05, 0) is 56.1 Å². The van der Waals surface area contributed by atoms with Crippen LogP contribution in [0.1, 0.15) is 11.7 Å². The summed E-state index contributed by atoms with van der Waals surface area (Å²) < 4.78 is 28.5. The van der Waals surface area contributed by atoms with E-state index in [0.29, 0.717) is 0 Å². The van der Waals surface area contributed by atoms with Gasteiger partial charge < -0.3 is 5.11 Å². The average Bonchev–Trinajstić information content (AvgIpc) is 2.42. The zero-order valence-corrected chi connectivity index (χ0v) is 14.1. The lowest BCUT2D eigenvalue weighted by Gasteiger charge is -2.14. The van der Waals surface area contributed by atoms with Crippen molar-refractivity contribution < 1.29 is 13.9 Å². The molecule has 0 fully saturated rings. The third kappa shape index (κ3) is 3.61. The second-order valence-electron chi connectivity index (χ2n) is 4.01. The molecule has 2 rings (SSSR count). The largest absolute Gasteiger partial charge is 0.387 e. The van der Waals surface area contributed by atoms with Gasteiger partial charge in [-0.3, -0.25) is 0 Å². The predicted molar refractivity (Wildman–Crippen MR) is 83.9 cm³/mol. The fourth-order valence-corrected chi connectivity index (χ4v) is 3.52. The smallest absolute Gasteiger partial charge is 0.146 e. The molecule has 20 heavy (non-hydrogen) atoms. The highest BCUT2D eigenvalue weighted by Gasteiger charge is 2.20. The Morgan fingerprint density at radius 2 is 1.75 bits per heavy atom. The summed E-state index contributed by atoms with van der Waals surface area (Å²) in [5.74, 6) is -1.34. The molecular formula is C14H10Br2F2OS. The fraction of sp³-hybridized carbons (Fsp3) is 0.143. The Balaban J connectivity index is 2.15. The number of thioether (sulfide) groups is 1. The molecule has 1 atom stereocenters. The van der Waals surface area contributed by atoms with Gasteiger partial charge in [0.05, 0.1) is 16.1 Å². The topological polar surface area (TPSA) is 20.2 Å². The second kappa shape index (κ2) is 7.02. The van der Waals surface area contributed by atoms with E-state index < -0.39 is 17.7 Å². The minimum absolute atomic E-state index is 0.138. The molecule has 1 unspecified atom stereocenters. The first-order valence-corrected chi connectivity index (χ1v) is 8.26. The van der Waals surface area contributed by atoms with Gasteiger partial charge in [0.15, 0.2) is 0 Å². The van der Waals surface area contributed by atoms with Crippen LogP contribution < -0.4 is 0 Å². The normalized spacial score (nSPS) is 12.4. The van der Waals surface area contributed by atoms with Gasteiger partial charge in [0, 0.05) is 15.1 Å². The zero-order valence-electron chi connectivity index (χ0n) is 10.1. The van der Waals surface area contributed by atoms with E-state index in [9.17, 15) is 13.9 Å².